The minimum absolute atomic E-state index is 0. The number of hydrogen-bond acceptors (Lipinski definition) is 10. The zero-order valence-electron chi connectivity index (χ0n) is 26.9. The summed E-state index contributed by atoms with van der Waals surface area (Å²) in [6, 6.07) is 3.57. The van der Waals surface area contributed by atoms with Gasteiger partial charge in [-0.15, -0.1) is 11.3 Å². The third kappa shape index (κ3) is 8.95. The van der Waals surface area contributed by atoms with Gasteiger partial charge in [0.25, 0.3) is 0 Å². The number of thiazole rings is 1. The smallest absolute Gasteiger partial charge is 0.549 e. The van der Waals surface area contributed by atoms with E-state index in [0.717, 1.165) is 36.4 Å². The van der Waals surface area contributed by atoms with Crippen molar-refractivity contribution >= 4 is 34.6 Å². The standard InChI is InChI=1S/C32H36F3N7O3S.Na/c1-19(2)25-6-5-7-41(25)17-27-31(21-10-22(32(33,34)35)12-23(11-21)36-4)39-29(46-27)13-26(43)24-14-38-28(15-37-24)42-9-8-40(16-20(42)3)18-30(44)45;/h10-12,14-15,19-20,25H,5-9,13,16-18H2,1-3H3,(H,44,45);/q;+1/p-1/t20-,25+;/m1./s1. The number of rotatable bonds is 10. The van der Waals surface area contributed by atoms with Gasteiger partial charge in [-0.25, -0.2) is 19.8 Å². The molecule has 15 heteroatoms. The molecule has 2 aromatic heterocycles. The Morgan fingerprint density at radius 3 is 2.53 bits per heavy atom. The van der Waals surface area contributed by atoms with E-state index in [4.69, 9.17) is 6.57 Å². The molecule has 4 heterocycles. The van der Waals surface area contributed by atoms with Crippen LogP contribution in [-0.2, 0) is 23.9 Å². The topological polar surface area (TPSA) is 110 Å². The van der Waals surface area contributed by atoms with E-state index < -0.39 is 17.7 Å². The van der Waals surface area contributed by atoms with E-state index >= 15 is 0 Å². The Hall–Kier alpha value is -2.93. The monoisotopic (exact) mass is 677 g/mol. The van der Waals surface area contributed by atoms with Crippen LogP contribution in [0, 0.1) is 12.5 Å². The number of ketones is 1. The number of halogens is 3. The number of aromatic nitrogens is 3. The zero-order chi connectivity index (χ0) is 33.2. The summed E-state index contributed by atoms with van der Waals surface area (Å²) in [5.41, 5.74) is -0.360. The van der Waals surface area contributed by atoms with Crippen molar-refractivity contribution in [3.05, 3.63) is 63.2 Å². The first-order valence-electron chi connectivity index (χ1n) is 15.2. The Morgan fingerprint density at radius 2 is 1.91 bits per heavy atom. The zero-order valence-corrected chi connectivity index (χ0v) is 29.7. The van der Waals surface area contributed by atoms with E-state index in [1.807, 2.05) is 11.8 Å². The van der Waals surface area contributed by atoms with Gasteiger partial charge in [-0.05, 0) is 56.0 Å². The summed E-state index contributed by atoms with van der Waals surface area (Å²) >= 11 is 1.30. The number of Topliss-reactive ketones (excluding diaryl/α,β-unsaturated/α-hetero) is 1. The Balaban J connectivity index is 0.00000500. The van der Waals surface area contributed by atoms with Crippen LogP contribution in [0.3, 0.4) is 0 Å². The predicted octanol–water partition coefficient (Wildman–Crippen LogP) is 1.48. The van der Waals surface area contributed by atoms with Gasteiger partial charge in [0.2, 0.25) is 0 Å². The second-order valence-electron chi connectivity index (χ2n) is 12.2. The van der Waals surface area contributed by atoms with Crippen molar-refractivity contribution < 1.29 is 57.4 Å². The number of hydrogen-bond donors (Lipinski definition) is 0. The molecule has 2 saturated heterocycles. The molecule has 0 unspecified atom stereocenters. The van der Waals surface area contributed by atoms with Crippen LogP contribution in [0.2, 0.25) is 0 Å². The molecule has 0 bridgehead atoms. The van der Waals surface area contributed by atoms with Gasteiger partial charge in [0.1, 0.15) is 16.5 Å². The summed E-state index contributed by atoms with van der Waals surface area (Å²) in [4.78, 5) is 47.9. The summed E-state index contributed by atoms with van der Waals surface area (Å²) in [6.07, 6.45) is 0.243. The van der Waals surface area contributed by atoms with E-state index in [-0.39, 0.29) is 71.3 Å². The number of carbonyl (C=O) groups excluding carboxylic acids is 2. The maximum atomic E-state index is 13.7. The molecular formula is C32H35F3N7NaO3S. The van der Waals surface area contributed by atoms with Gasteiger partial charge in [0.05, 0.1) is 37.0 Å². The first-order valence-corrected chi connectivity index (χ1v) is 16.0. The Labute approximate surface area is 298 Å². The van der Waals surface area contributed by atoms with Crippen LogP contribution in [0.25, 0.3) is 16.1 Å². The van der Waals surface area contributed by atoms with Gasteiger partial charge >= 0.3 is 35.7 Å². The molecule has 244 valence electrons. The number of nitrogens with zero attached hydrogens (tertiary/aromatic N) is 7. The fraction of sp³-hybridized carbons (Fsp3) is 0.500. The number of alkyl halides is 3. The van der Waals surface area contributed by atoms with Gasteiger partial charge in [0.15, 0.2) is 11.5 Å². The minimum Gasteiger partial charge on any atom is -0.549 e. The van der Waals surface area contributed by atoms with Crippen LogP contribution in [-0.4, -0.2) is 81.3 Å². The molecular weight excluding hydrogens is 642 g/mol. The molecule has 5 rings (SSSR count). The molecule has 3 aromatic rings. The van der Waals surface area contributed by atoms with Crippen LogP contribution in [0.1, 0.15) is 59.5 Å². The number of likely N-dealkylation sites (tertiary alicyclic amines) is 1. The number of aliphatic carboxylic acids is 1. The van der Waals surface area contributed by atoms with Crippen molar-refractivity contribution in [1.29, 1.82) is 0 Å². The fourth-order valence-electron chi connectivity index (χ4n) is 6.31. The second kappa shape index (κ2) is 15.5. The van der Waals surface area contributed by atoms with Gasteiger partial charge in [-0.2, -0.15) is 13.2 Å². The molecule has 0 saturated carbocycles. The molecule has 0 aliphatic carbocycles. The number of carbonyl (C=O) groups is 2. The summed E-state index contributed by atoms with van der Waals surface area (Å²) in [7, 11) is 0. The van der Waals surface area contributed by atoms with E-state index in [0.29, 0.717) is 54.7 Å². The summed E-state index contributed by atoms with van der Waals surface area (Å²) in [6.45, 7) is 16.4. The first-order chi connectivity index (χ1) is 21.8. The Bertz CT molecular complexity index is 1630. The van der Waals surface area contributed by atoms with Crippen molar-refractivity contribution in [3.8, 4) is 11.3 Å². The SMILES string of the molecule is [C-]#[N+]c1cc(-c2nc(CC(=O)c3cnc(N4CCN(CC(=O)[O-])C[C@H]4C)cn3)sc2CN2CCC[C@H]2C(C)C)cc(C(F)(F)F)c1.[Na+]. The van der Waals surface area contributed by atoms with Crippen molar-refractivity contribution in [2.75, 3.05) is 37.6 Å². The third-order valence-electron chi connectivity index (χ3n) is 8.51. The molecule has 0 spiro atoms. The van der Waals surface area contributed by atoms with Gasteiger partial charge in [-0.3, -0.25) is 14.6 Å². The molecule has 2 atom stereocenters. The molecule has 1 aromatic carbocycles. The van der Waals surface area contributed by atoms with Gasteiger partial charge in [0, 0.05) is 55.2 Å². The molecule has 10 nitrogen and oxygen atoms in total. The van der Waals surface area contributed by atoms with Crippen molar-refractivity contribution in [2.45, 2.75) is 64.8 Å². The first kappa shape index (κ1) is 36.9. The average Bonchev–Trinajstić information content (AvgIpc) is 3.63. The predicted molar refractivity (Wildman–Crippen MR) is 165 cm³/mol. The molecule has 0 radical (unpaired) electrons. The van der Waals surface area contributed by atoms with Crippen LogP contribution < -0.4 is 39.6 Å². The summed E-state index contributed by atoms with van der Waals surface area (Å²) < 4.78 is 41.2. The van der Waals surface area contributed by atoms with Crippen LogP contribution in [0.4, 0.5) is 24.7 Å². The van der Waals surface area contributed by atoms with Crippen LogP contribution >= 0.6 is 11.3 Å². The fourth-order valence-corrected chi connectivity index (χ4v) is 7.43. The maximum Gasteiger partial charge on any atom is 1.00 e. The van der Waals surface area contributed by atoms with E-state index in [9.17, 15) is 27.9 Å². The molecule has 2 aliphatic rings. The number of carboxylic acid groups (broad SMARTS) is 1. The second-order valence-corrected chi connectivity index (χ2v) is 13.4. The number of benzene rings is 1. The molecule has 2 fully saturated rings. The van der Waals surface area contributed by atoms with Crippen molar-refractivity contribution in [2.24, 2.45) is 5.92 Å². The number of anilines is 1. The Morgan fingerprint density at radius 1 is 1.15 bits per heavy atom. The van der Waals surface area contributed by atoms with Crippen LogP contribution in [0.5, 0.6) is 0 Å². The van der Waals surface area contributed by atoms with E-state index in [2.05, 4.69) is 38.5 Å². The molecule has 0 N–H and O–H groups in total. The maximum absolute atomic E-state index is 13.7. The van der Waals surface area contributed by atoms with Gasteiger partial charge in [-0.1, -0.05) is 13.8 Å². The number of carboxylic acids is 1. The summed E-state index contributed by atoms with van der Waals surface area (Å²) in [5, 5.41) is 11.4. The minimum atomic E-state index is -4.63. The summed E-state index contributed by atoms with van der Waals surface area (Å²) in [5.74, 6) is -0.481. The van der Waals surface area contributed by atoms with Crippen molar-refractivity contribution in [3.63, 3.8) is 0 Å². The third-order valence-corrected chi connectivity index (χ3v) is 9.55. The molecule has 0 amide bonds. The number of piperazine rings is 1. The Kier molecular flexibility index (Phi) is 12.2. The quantitative estimate of drug-likeness (QED) is 0.179. The largest absolute Gasteiger partial charge is 1.00 e. The normalized spacial score (nSPS) is 19.1. The molecule has 47 heavy (non-hydrogen) atoms. The average molecular weight is 678 g/mol. The van der Waals surface area contributed by atoms with Crippen LogP contribution in [0.15, 0.2) is 30.6 Å². The molecule has 2 aliphatic heterocycles. The van der Waals surface area contributed by atoms with E-state index in [1.54, 1.807) is 4.90 Å². The van der Waals surface area contributed by atoms with Crippen molar-refractivity contribution in [1.82, 2.24) is 24.8 Å². The van der Waals surface area contributed by atoms with E-state index in [1.165, 1.54) is 29.8 Å². The van der Waals surface area contributed by atoms with Gasteiger partial charge < -0.3 is 14.8 Å².